The maximum absolute atomic E-state index is 5.23. The van der Waals surface area contributed by atoms with Gasteiger partial charge >= 0.3 is 0 Å². The zero-order valence-corrected chi connectivity index (χ0v) is 15.3. The molecule has 0 aliphatic rings. The summed E-state index contributed by atoms with van der Waals surface area (Å²) in [5.41, 5.74) is 6.39. The second kappa shape index (κ2) is 8.26. The van der Waals surface area contributed by atoms with Crippen LogP contribution in [0.25, 0.3) is 16.9 Å². The van der Waals surface area contributed by atoms with Crippen LogP contribution in [-0.4, -0.2) is 35.3 Å². The summed E-state index contributed by atoms with van der Waals surface area (Å²) >= 11 is 5.04. The average molecular weight is 365 g/mol. The normalized spacial score (nSPS) is 10.7. The Kier molecular flexibility index (Phi) is 5.60. The lowest BCUT2D eigenvalue weighted by Crippen LogP contribution is -2.28. The van der Waals surface area contributed by atoms with E-state index in [2.05, 4.69) is 15.8 Å². The quantitative estimate of drug-likeness (QED) is 0.413. The standard InChI is InChI=1S/C19H19N5OS/c1-20-19(26)22-21-12-15-13-24(16-6-4-3-5-7-16)23-18(15)14-8-10-17(25-2)11-9-14/h3-13H,1-2H3,(H2,20,22,26). The molecule has 2 N–H and O–H groups in total. The maximum Gasteiger partial charge on any atom is 0.186 e. The van der Waals surface area contributed by atoms with Crippen LogP contribution in [0, 0.1) is 0 Å². The number of hydrogen-bond donors (Lipinski definition) is 2. The van der Waals surface area contributed by atoms with Crippen LogP contribution in [0.2, 0.25) is 0 Å². The molecule has 26 heavy (non-hydrogen) atoms. The Hall–Kier alpha value is -3.19. The van der Waals surface area contributed by atoms with Crippen molar-refractivity contribution in [1.82, 2.24) is 20.5 Å². The van der Waals surface area contributed by atoms with Gasteiger partial charge in [-0.15, -0.1) is 0 Å². The van der Waals surface area contributed by atoms with E-state index in [4.69, 9.17) is 22.1 Å². The first-order valence-electron chi connectivity index (χ1n) is 8.01. The fraction of sp³-hybridized carbons (Fsp3) is 0.105. The fourth-order valence-corrected chi connectivity index (χ4v) is 2.44. The number of nitrogens with zero attached hydrogens (tertiary/aromatic N) is 3. The van der Waals surface area contributed by atoms with E-state index in [1.807, 2.05) is 65.5 Å². The van der Waals surface area contributed by atoms with Crippen molar-refractivity contribution in [3.63, 3.8) is 0 Å². The fourth-order valence-electron chi connectivity index (χ4n) is 2.38. The third kappa shape index (κ3) is 4.07. The Morgan fingerprint density at radius 3 is 2.54 bits per heavy atom. The van der Waals surface area contributed by atoms with Crippen molar-refractivity contribution < 1.29 is 4.74 Å². The monoisotopic (exact) mass is 365 g/mol. The molecule has 0 saturated heterocycles. The van der Waals surface area contributed by atoms with Gasteiger partial charge in [0, 0.05) is 24.4 Å². The molecule has 1 heterocycles. The van der Waals surface area contributed by atoms with E-state index in [-0.39, 0.29) is 0 Å². The van der Waals surface area contributed by atoms with Crippen LogP contribution in [0.3, 0.4) is 0 Å². The van der Waals surface area contributed by atoms with Gasteiger partial charge in [0.15, 0.2) is 5.11 Å². The molecule has 0 atom stereocenters. The SMILES string of the molecule is CNC(=S)NN=Cc1cn(-c2ccccc2)nc1-c1ccc(OC)cc1. The van der Waals surface area contributed by atoms with Gasteiger partial charge in [-0.25, -0.2) is 4.68 Å². The largest absolute Gasteiger partial charge is 0.497 e. The number of aromatic nitrogens is 2. The van der Waals surface area contributed by atoms with E-state index < -0.39 is 0 Å². The number of thiocarbonyl (C=S) groups is 1. The second-order valence-electron chi connectivity index (χ2n) is 5.39. The predicted octanol–water partition coefficient (Wildman–Crippen LogP) is 2.98. The minimum absolute atomic E-state index is 0.447. The lowest BCUT2D eigenvalue weighted by molar-refractivity contribution is 0.415. The second-order valence-corrected chi connectivity index (χ2v) is 5.80. The molecule has 0 amide bonds. The number of nitrogens with one attached hydrogen (secondary N) is 2. The Balaban J connectivity index is 1.99. The highest BCUT2D eigenvalue weighted by Crippen LogP contribution is 2.24. The van der Waals surface area contributed by atoms with E-state index in [9.17, 15) is 0 Å². The number of ether oxygens (including phenoxy) is 1. The van der Waals surface area contributed by atoms with E-state index in [1.54, 1.807) is 20.4 Å². The smallest absolute Gasteiger partial charge is 0.186 e. The van der Waals surface area contributed by atoms with Crippen molar-refractivity contribution in [2.45, 2.75) is 0 Å². The highest BCUT2D eigenvalue weighted by atomic mass is 32.1. The van der Waals surface area contributed by atoms with E-state index in [0.29, 0.717) is 5.11 Å². The van der Waals surface area contributed by atoms with Gasteiger partial charge in [-0.05, 0) is 48.6 Å². The van der Waals surface area contributed by atoms with Crippen molar-refractivity contribution in [2.24, 2.45) is 5.10 Å². The van der Waals surface area contributed by atoms with Crippen molar-refractivity contribution in [3.8, 4) is 22.7 Å². The van der Waals surface area contributed by atoms with Crippen molar-refractivity contribution in [2.75, 3.05) is 14.2 Å². The molecule has 1 aromatic heterocycles. The van der Waals surface area contributed by atoms with E-state index >= 15 is 0 Å². The molecule has 0 aliphatic heterocycles. The molecule has 6 nitrogen and oxygen atoms in total. The lowest BCUT2D eigenvalue weighted by Gasteiger charge is -2.03. The molecule has 132 valence electrons. The van der Waals surface area contributed by atoms with Gasteiger partial charge in [-0.1, -0.05) is 18.2 Å². The van der Waals surface area contributed by atoms with Gasteiger partial charge in [0.25, 0.3) is 0 Å². The zero-order chi connectivity index (χ0) is 18.4. The van der Waals surface area contributed by atoms with Crippen molar-refractivity contribution >= 4 is 23.5 Å². The van der Waals surface area contributed by atoms with Crippen LogP contribution in [0.5, 0.6) is 5.75 Å². The van der Waals surface area contributed by atoms with Crippen LogP contribution in [0.1, 0.15) is 5.56 Å². The molecule has 0 unspecified atom stereocenters. The number of methoxy groups -OCH3 is 1. The molecule has 0 radical (unpaired) electrons. The molecule has 0 aliphatic carbocycles. The first kappa shape index (κ1) is 17.6. The molecular weight excluding hydrogens is 346 g/mol. The third-order valence-corrected chi connectivity index (χ3v) is 4.02. The van der Waals surface area contributed by atoms with Gasteiger partial charge in [0.1, 0.15) is 11.4 Å². The van der Waals surface area contributed by atoms with Crippen LogP contribution < -0.4 is 15.5 Å². The summed E-state index contributed by atoms with van der Waals surface area (Å²) in [6.07, 6.45) is 3.64. The topological polar surface area (TPSA) is 63.5 Å². The average Bonchev–Trinajstić information content (AvgIpc) is 3.12. The third-order valence-electron chi connectivity index (χ3n) is 3.72. The Morgan fingerprint density at radius 1 is 1.15 bits per heavy atom. The van der Waals surface area contributed by atoms with Crippen LogP contribution >= 0.6 is 12.2 Å². The van der Waals surface area contributed by atoms with Gasteiger partial charge in [-0.2, -0.15) is 10.2 Å². The summed E-state index contributed by atoms with van der Waals surface area (Å²) in [7, 11) is 3.38. The number of para-hydroxylation sites is 1. The molecule has 3 rings (SSSR count). The number of rotatable bonds is 5. The molecule has 0 spiro atoms. The first-order valence-corrected chi connectivity index (χ1v) is 8.42. The van der Waals surface area contributed by atoms with Crippen molar-refractivity contribution in [1.29, 1.82) is 0 Å². The van der Waals surface area contributed by atoms with Gasteiger partial charge in [-0.3, -0.25) is 5.43 Å². The van der Waals surface area contributed by atoms with Gasteiger partial charge < -0.3 is 10.1 Å². The molecule has 0 bridgehead atoms. The highest BCUT2D eigenvalue weighted by Gasteiger charge is 2.11. The zero-order valence-electron chi connectivity index (χ0n) is 14.5. The first-order chi connectivity index (χ1) is 12.7. The lowest BCUT2D eigenvalue weighted by atomic mass is 10.1. The maximum atomic E-state index is 5.23. The minimum atomic E-state index is 0.447. The van der Waals surface area contributed by atoms with Crippen molar-refractivity contribution in [3.05, 3.63) is 66.4 Å². The predicted molar refractivity (Wildman–Crippen MR) is 108 cm³/mol. The van der Waals surface area contributed by atoms with Crippen LogP contribution in [0.4, 0.5) is 0 Å². The van der Waals surface area contributed by atoms with E-state index in [1.165, 1.54) is 0 Å². The number of hydrogen-bond acceptors (Lipinski definition) is 4. The molecule has 3 aromatic rings. The highest BCUT2D eigenvalue weighted by molar-refractivity contribution is 7.80. The van der Waals surface area contributed by atoms with E-state index in [0.717, 1.165) is 28.3 Å². The molecule has 2 aromatic carbocycles. The van der Waals surface area contributed by atoms with Crippen LogP contribution in [-0.2, 0) is 0 Å². The Morgan fingerprint density at radius 2 is 1.88 bits per heavy atom. The van der Waals surface area contributed by atoms with Gasteiger partial charge in [0.2, 0.25) is 0 Å². The summed E-state index contributed by atoms with van der Waals surface area (Å²) in [5.74, 6) is 0.799. The minimum Gasteiger partial charge on any atom is -0.497 e. The summed E-state index contributed by atoms with van der Waals surface area (Å²) in [4.78, 5) is 0. The summed E-state index contributed by atoms with van der Waals surface area (Å²) in [6.45, 7) is 0. The Labute approximate surface area is 157 Å². The molecule has 0 saturated carbocycles. The number of benzene rings is 2. The molecule has 0 fully saturated rings. The molecule has 7 heteroatoms. The Bertz CT molecular complexity index is 903. The number of hydrazone groups is 1. The molecular formula is C19H19N5OS. The summed E-state index contributed by atoms with van der Waals surface area (Å²) in [5, 5.41) is 12.2. The van der Waals surface area contributed by atoms with Gasteiger partial charge in [0.05, 0.1) is 19.0 Å². The summed E-state index contributed by atoms with van der Waals surface area (Å²) < 4.78 is 7.06. The summed E-state index contributed by atoms with van der Waals surface area (Å²) in [6, 6.07) is 17.7. The van der Waals surface area contributed by atoms with Crippen LogP contribution in [0.15, 0.2) is 65.9 Å².